The summed E-state index contributed by atoms with van der Waals surface area (Å²) in [5, 5.41) is 17.2. The van der Waals surface area contributed by atoms with Crippen LogP contribution in [-0.4, -0.2) is 28.8 Å². The van der Waals surface area contributed by atoms with Gasteiger partial charge in [-0.25, -0.2) is 4.98 Å². The summed E-state index contributed by atoms with van der Waals surface area (Å²) in [6.45, 7) is 8.08. The van der Waals surface area contributed by atoms with Crippen molar-refractivity contribution >= 4 is 11.5 Å². The number of pyridine rings is 1. The van der Waals surface area contributed by atoms with Gasteiger partial charge < -0.3 is 15.7 Å². The molecule has 0 bridgehead atoms. The predicted molar refractivity (Wildman–Crippen MR) is 84.1 cm³/mol. The third-order valence-electron chi connectivity index (χ3n) is 4.27. The average molecular weight is 277 g/mol. The Kier molecular flexibility index (Phi) is 4.53. The fourth-order valence-electron chi connectivity index (χ4n) is 2.65. The Morgan fingerprint density at radius 1 is 1.20 bits per heavy atom. The lowest BCUT2D eigenvalue weighted by atomic mass is 9.71. The van der Waals surface area contributed by atoms with Crippen LogP contribution in [0.25, 0.3) is 0 Å². The van der Waals surface area contributed by atoms with Crippen LogP contribution in [0.2, 0.25) is 0 Å². The fourth-order valence-corrected chi connectivity index (χ4v) is 2.65. The number of hydrogen-bond acceptors (Lipinski definition) is 4. The van der Waals surface area contributed by atoms with Gasteiger partial charge in [-0.15, -0.1) is 0 Å². The summed E-state index contributed by atoms with van der Waals surface area (Å²) >= 11 is 0. The molecule has 4 nitrogen and oxygen atoms in total. The topological polar surface area (TPSA) is 57.2 Å². The summed E-state index contributed by atoms with van der Waals surface area (Å²) in [7, 11) is 0. The van der Waals surface area contributed by atoms with Gasteiger partial charge in [0.2, 0.25) is 0 Å². The van der Waals surface area contributed by atoms with E-state index in [1.807, 2.05) is 19.1 Å². The normalized spacial score (nSPS) is 20.4. The van der Waals surface area contributed by atoms with Gasteiger partial charge in [0.25, 0.3) is 0 Å². The average Bonchev–Trinajstić information content (AvgIpc) is 2.42. The van der Waals surface area contributed by atoms with Gasteiger partial charge in [-0.05, 0) is 44.1 Å². The Balaban J connectivity index is 1.90. The van der Waals surface area contributed by atoms with Crippen molar-refractivity contribution in [1.29, 1.82) is 0 Å². The first kappa shape index (κ1) is 15.1. The summed E-state index contributed by atoms with van der Waals surface area (Å²) in [6, 6.07) is 3.93. The summed E-state index contributed by atoms with van der Waals surface area (Å²) in [6.07, 6.45) is 5.71. The maximum Gasteiger partial charge on any atom is 0.127 e. The van der Waals surface area contributed by atoms with Crippen LogP contribution in [0.15, 0.2) is 18.3 Å². The highest BCUT2D eigenvalue weighted by atomic mass is 16.3. The van der Waals surface area contributed by atoms with Crippen LogP contribution in [0.5, 0.6) is 0 Å². The van der Waals surface area contributed by atoms with Gasteiger partial charge in [-0.3, -0.25) is 0 Å². The van der Waals surface area contributed by atoms with Crippen LogP contribution in [0.4, 0.5) is 11.5 Å². The molecule has 1 saturated carbocycles. The summed E-state index contributed by atoms with van der Waals surface area (Å²) < 4.78 is 0. The summed E-state index contributed by atoms with van der Waals surface area (Å²) in [4.78, 5) is 4.25. The Morgan fingerprint density at radius 2 is 1.90 bits per heavy atom. The molecule has 0 atom stereocenters. The molecule has 3 N–H and O–H groups in total. The lowest BCUT2D eigenvalue weighted by Crippen LogP contribution is -2.42. The van der Waals surface area contributed by atoms with Crippen LogP contribution in [0.3, 0.4) is 0 Å². The zero-order valence-corrected chi connectivity index (χ0v) is 12.9. The molecule has 1 aliphatic carbocycles. The van der Waals surface area contributed by atoms with E-state index in [0.717, 1.165) is 43.7 Å². The SMILES string of the molecule is CCNc1cc(NCC2(O)CCC(C)(C)CC2)ccn1. The Labute approximate surface area is 122 Å². The van der Waals surface area contributed by atoms with E-state index in [0.29, 0.717) is 12.0 Å². The molecule has 0 aromatic carbocycles. The Morgan fingerprint density at radius 3 is 2.55 bits per heavy atom. The lowest BCUT2D eigenvalue weighted by Gasteiger charge is -2.40. The minimum atomic E-state index is -0.572. The van der Waals surface area contributed by atoms with Crippen molar-refractivity contribution in [2.24, 2.45) is 5.41 Å². The number of aliphatic hydroxyl groups is 1. The molecule has 1 fully saturated rings. The molecule has 1 aromatic heterocycles. The monoisotopic (exact) mass is 277 g/mol. The molecule has 0 radical (unpaired) electrons. The second-order valence-corrected chi connectivity index (χ2v) is 6.70. The van der Waals surface area contributed by atoms with Crippen LogP contribution >= 0.6 is 0 Å². The van der Waals surface area contributed by atoms with Gasteiger partial charge in [0.1, 0.15) is 5.82 Å². The first-order valence-electron chi connectivity index (χ1n) is 7.59. The number of rotatable bonds is 5. The van der Waals surface area contributed by atoms with E-state index < -0.39 is 5.60 Å². The van der Waals surface area contributed by atoms with Crippen molar-refractivity contribution in [2.75, 3.05) is 23.7 Å². The molecule has 112 valence electrons. The first-order valence-corrected chi connectivity index (χ1v) is 7.59. The summed E-state index contributed by atoms with van der Waals surface area (Å²) in [5.41, 5.74) is 0.812. The Hall–Kier alpha value is -1.29. The van der Waals surface area contributed by atoms with Crippen LogP contribution in [0.1, 0.15) is 46.5 Å². The van der Waals surface area contributed by atoms with E-state index in [9.17, 15) is 5.11 Å². The highest BCUT2D eigenvalue weighted by Gasteiger charge is 2.36. The van der Waals surface area contributed by atoms with Crippen LogP contribution < -0.4 is 10.6 Å². The number of nitrogens with zero attached hydrogens (tertiary/aromatic N) is 1. The van der Waals surface area contributed by atoms with E-state index in [1.165, 1.54) is 0 Å². The van der Waals surface area contributed by atoms with E-state index in [2.05, 4.69) is 29.5 Å². The van der Waals surface area contributed by atoms with Crippen molar-refractivity contribution in [1.82, 2.24) is 4.98 Å². The number of nitrogens with one attached hydrogen (secondary N) is 2. The third kappa shape index (κ3) is 4.10. The molecule has 4 heteroatoms. The fraction of sp³-hybridized carbons (Fsp3) is 0.688. The van der Waals surface area contributed by atoms with Crippen LogP contribution in [-0.2, 0) is 0 Å². The van der Waals surface area contributed by atoms with Gasteiger partial charge >= 0.3 is 0 Å². The molecule has 0 aliphatic heterocycles. The van der Waals surface area contributed by atoms with E-state index in [-0.39, 0.29) is 0 Å². The Bertz CT molecular complexity index is 435. The third-order valence-corrected chi connectivity index (χ3v) is 4.27. The molecule has 0 spiro atoms. The van der Waals surface area contributed by atoms with Gasteiger partial charge in [0.15, 0.2) is 0 Å². The molecule has 20 heavy (non-hydrogen) atoms. The van der Waals surface area contributed by atoms with E-state index >= 15 is 0 Å². The quantitative estimate of drug-likeness (QED) is 0.773. The molecular formula is C16H27N3O. The maximum atomic E-state index is 10.6. The molecule has 1 heterocycles. The van der Waals surface area contributed by atoms with E-state index in [1.54, 1.807) is 6.20 Å². The van der Waals surface area contributed by atoms with Crippen molar-refractivity contribution in [3.8, 4) is 0 Å². The minimum Gasteiger partial charge on any atom is -0.388 e. The molecule has 2 rings (SSSR count). The number of hydrogen-bond donors (Lipinski definition) is 3. The summed E-state index contributed by atoms with van der Waals surface area (Å²) in [5.74, 6) is 0.870. The largest absolute Gasteiger partial charge is 0.388 e. The molecule has 1 aliphatic rings. The smallest absolute Gasteiger partial charge is 0.127 e. The molecular weight excluding hydrogens is 250 g/mol. The number of aromatic nitrogens is 1. The molecule has 1 aromatic rings. The second kappa shape index (κ2) is 6.00. The van der Waals surface area contributed by atoms with Gasteiger partial charge in [0, 0.05) is 31.0 Å². The maximum absolute atomic E-state index is 10.6. The van der Waals surface area contributed by atoms with Gasteiger partial charge in [-0.2, -0.15) is 0 Å². The van der Waals surface area contributed by atoms with Crippen molar-refractivity contribution in [3.63, 3.8) is 0 Å². The highest BCUT2D eigenvalue weighted by molar-refractivity contribution is 5.51. The number of anilines is 2. The second-order valence-electron chi connectivity index (χ2n) is 6.70. The highest BCUT2D eigenvalue weighted by Crippen LogP contribution is 2.40. The van der Waals surface area contributed by atoms with E-state index in [4.69, 9.17) is 0 Å². The molecule has 0 amide bonds. The lowest BCUT2D eigenvalue weighted by molar-refractivity contribution is -0.0145. The van der Waals surface area contributed by atoms with Crippen molar-refractivity contribution in [2.45, 2.75) is 52.1 Å². The van der Waals surface area contributed by atoms with Gasteiger partial charge in [0.05, 0.1) is 5.60 Å². The first-order chi connectivity index (χ1) is 9.42. The zero-order chi connectivity index (χ0) is 14.6. The van der Waals surface area contributed by atoms with Crippen LogP contribution in [0, 0.1) is 5.41 Å². The standard InChI is InChI=1S/C16H27N3O/c1-4-17-14-11-13(5-10-18-14)19-12-16(20)8-6-15(2,3)7-9-16/h5,10-11,20H,4,6-9,12H2,1-3H3,(H2,17,18,19). The zero-order valence-electron chi connectivity index (χ0n) is 12.9. The molecule has 0 unspecified atom stereocenters. The minimum absolute atomic E-state index is 0.376. The molecule has 0 saturated heterocycles. The predicted octanol–water partition coefficient (Wildman–Crippen LogP) is 3.26. The van der Waals surface area contributed by atoms with Gasteiger partial charge in [-0.1, -0.05) is 13.8 Å². The van der Waals surface area contributed by atoms with Crippen molar-refractivity contribution in [3.05, 3.63) is 18.3 Å². The van der Waals surface area contributed by atoms with Crippen molar-refractivity contribution < 1.29 is 5.11 Å².